The number of aryl methyl sites for hydroxylation is 1. The van der Waals surface area contributed by atoms with E-state index in [4.69, 9.17) is 19.4 Å². The molecular formula is C63H54N6O4. The van der Waals surface area contributed by atoms with Crippen molar-refractivity contribution in [3.05, 3.63) is 209 Å². The zero-order valence-corrected chi connectivity index (χ0v) is 41.0. The molecule has 360 valence electrons. The molecule has 10 nitrogen and oxygen atoms in total. The summed E-state index contributed by atoms with van der Waals surface area (Å²) in [4.78, 5) is 46.9. The number of carbonyl (C=O) groups excluding carboxylic acids is 2. The van der Waals surface area contributed by atoms with Gasteiger partial charge in [-0.1, -0.05) is 133 Å². The van der Waals surface area contributed by atoms with Crippen LogP contribution in [-0.4, -0.2) is 56.6 Å². The van der Waals surface area contributed by atoms with Gasteiger partial charge in [0, 0.05) is 56.6 Å². The first kappa shape index (κ1) is 46.4. The SMILES string of the molecule is CCOC(=O)C1=C(C)N(CCCCOc2ccc(-c3c4nc(c(-c5ccccc5)c5ccc([nH]5)c(-c5ccccc5)c5nc(c(-c6ccccc6)c6ccc3[nH]6)C=C5)C=C4)cc2)C(=O)NC1c1ccc(C)cc1. The molecular weight excluding hydrogens is 905 g/mol. The number of benzene rings is 5. The maximum absolute atomic E-state index is 13.5. The number of nitrogens with zero attached hydrogens (tertiary/aromatic N) is 3. The summed E-state index contributed by atoms with van der Waals surface area (Å²) in [7, 11) is 0. The summed E-state index contributed by atoms with van der Waals surface area (Å²) in [6.45, 7) is 6.71. The van der Waals surface area contributed by atoms with E-state index in [1.54, 1.807) is 11.8 Å². The Balaban J connectivity index is 0.943. The van der Waals surface area contributed by atoms with Crippen LogP contribution in [0.2, 0.25) is 0 Å². The number of unbranched alkanes of at least 4 members (excludes halogenated alkanes) is 1. The molecule has 0 aliphatic carbocycles. The first-order valence-corrected chi connectivity index (χ1v) is 24.9. The molecule has 10 heteroatoms. The summed E-state index contributed by atoms with van der Waals surface area (Å²) < 4.78 is 11.8. The van der Waals surface area contributed by atoms with Crippen LogP contribution in [-0.2, 0) is 9.53 Å². The van der Waals surface area contributed by atoms with E-state index in [2.05, 4.69) is 149 Å². The van der Waals surface area contributed by atoms with Gasteiger partial charge in [-0.2, -0.15) is 0 Å². The molecule has 11 rings (SSSR count). The Kier molecular flexibility index (Phi) is 12.9. The number of amides is 2. The van der Waals surface area contributed by atoms with Gasteiger partial charge in [-0.3, -0.25) is 4.90 Å². The number of urea groups is 1. The summed E-state index contributed by atoms with van der Waals surface area (Å²) in [5.74, 6) is 0.296. The fraction of sp³-hybridized carbons (Fsp3) is 0.143. The van der Waals surface area contributed by atoms with Gasteiger partial charge in [0.15, 0.2) is 0 Å². The second-order valence-electron chi connectivity index (χ2n) is 18.3. The minimum absolute atomic E-state index is 0.238. The van der Waals surface area contributed by atoms with E-state index in [0.29, 0.717) is 37.3 Å². The smallest absolute Gasteiger partial charge is 0.338 e. The van der Waals surface area contributed by atoms with Crippen LogP contribution >= 0.6 is 0 Å². The maximum atomic E-state index is 13.5. The van der Waals surface area contributed by atoms with Crippen molar-refractivity contribution < 1.29 is 19.1 Å². The van der Waals surface area contributed by atoms with Crippen molar-refractivity contribution in [3.8, 4) is 50.3 Å². The lowest BCUT2D eigenvalue weighted by molar-refractivity contribution is -0.139. The van der Waals surface area contributed by atoms with Gasteiger partial charge in [0.1, 0.15) is 5.75 Å². The van der Waals surface area contributed by atoms with Crippen LogP contribution in [0.5, 0.6) is 5.75 Å². The molecule has 2 amide bonds. The maximum Gasteiger partial charge on any atom is 0.338 e. The molecule has 3 aliphatic heterocycles. The van der Waals surface area contributed by atoms with Crippen LogP contribution in [0.3, 0.4) is 0 Å². The summed E-state index contributed by atoms with van der Waals surface area (Å²) in [6, 6.07) is 55.0. The molecule has 0 saturated carbocycles. The average Bonchev–Trinajstić information content (AvgIpc) is 4.28. The average molecular weight is 959 g/mol. The normalized spacial score (nSPS) is 14.1. The van der Waals surface area contributed by atoms with Gasteiger partial charge >= 0.3 is 12.0 Å². The third-order valence-corrected chi connectivity index (χ3v) is 13.6. The summed E-state index contributed by atoms with van der Waals surface area (Å²) >= 11 is 0. The summed E-state index contributed by atoms with van der Waals surface area (Å²) in [5, 5.41) is 3.06. The van der Waals surface area contributed by atoms with E-state index in [1.165, 1.54) is 0 Å². The number of H-pyrrole nitrogens is 2. The zero-order valence-electron chi connectivity index (χ0n) is 41.0. The highest BCUT2D eigenvalue weighted by atomic mass is 16.5. The molecule has 6 heterocycles. The first-order chi connectivity index (χ1) is 35.8. The van der Waals surface area contributed by atoms with E-state index < -0.39 is 12.0 Å². The van der Waals surface area contributed by atoms with Crippen LogP contribution in [0.15, 0.2) is 175 Å². The van der Waals surface area contributed by atoms with Crippen LogP contribution in [0.25, 0.3) is 90.9 Å². The second-order valence-corrected chi connectivity index (χ2v) is 18.3. The molecule has 3 N–H and O–H groups in total. The van der Waals surface area contributed by atoms with Crippen LogP contribution in [0.4, 0.5) is 4.79 Å². The topological polar surface area (TPSA) is 125 Å². The van der Waals surface area contributed by atoms with E-state index >= 15 is 0 Å². The van der Waals surface area contributed by atoms with Gasteiger partial charge in [0.2, 0.25) is 0 Å². The number of fused-ring (bicyclic) bond motifs is 8. The molecule has 0 fully saturated rings. The fourth-order valence-corrected chi connectivity index (χ4v) is 10.0. The Morgan fingerprint density at radius 3 is 1.42 bits per heavy atom. The molecule has 8 aromatic rings. The van der Waals surface area contributed by atoms with Crippen molar-refractivity contribution in [3.63, 3.8) is 0 Å². The molecule has 3 aliphatic rings. The molecule has 1 unspecified atom stereocenters. The Morgan fingerprint density at radius 1 is 0.548 bits per heavy atom. The number of nitrogens with one attached hydrogen (secondary N) is 3. The molecule has 5 aromatic carbocycles. The number of rotatable bonds is 13. The Labute approximate surface area is 424 Å². The van der Waals surface area contributed by atoms with E-state index in [9.17, 15) is 9.59 Å². The van der Waals surface area contributed by atoms with E-state index in [0.717, 1.165) is 106 Å². The second kappa shape index (κ2) is 20.4. The number of aromatic amines is 2. The number of ether oxygens (including phenoxy) is 2. The number of hydrogen-bond donors (Lipinski definition) is 3. The summed E-state index contributed by atoms with van der Waals surface area (Å²) in [6.07, 6.45) is 9.79. The van der Waals surface area contributed by atoms with Gasteiger partial charge in [-0.25, -0.2) is 19.6 Å². The van der Waals surface area contributed by atoms with Crippen molar-refractivity contribution in [2.75, 3.05) is 19.8 Å². The lowest BCUT2D eigenvalue weighted by atomic mass is 9.94. The largest absolute Gasteiger partial charge is 0.494 e. The number of allylic oxidation sites excluding steroid dienone is 1. The van der Waals surface area contributed by atoms with E-state index in [-0.39, 0.29) is 12.6 Å². The Hall–Kier alpha value is -9.02. The highest BCUT2D eigenvalue weighted by molar-refractivity contribution is 6.00. The summed E-state index contributed by atoms with van der Waals surface area (Å²) in [5.41, 5.74) is 18.1. The quantitative estimate of drug-likeness (QED) is 0.0781. The molecule has 3 aromatic heterocycles. The van der Waals surface area contributed by atoms with Gasteiger partial charge in [-0.05, 0) is 122 Å². The fourth-order valence-electron chi connectivity index (χ4n) is 10.0. The van der Waals surface area contributed by atoms with Gasteiger partial charge in [0.25, 0.3) is 0 Å². The lowest BCUT2D eigenvalue weighted by Crippen LogP contribution is -2.48. The number of hydrogen-bond acceptors (Lipinski definition) is 6. The van der Waals surface area contributed by atoms with Crippen molar-refractivity contribution in [2.24, 2.45) is 0 Å². The molecule has 0 saturated heterocycles. The molecule has 73 heavy (non-hydrogen) atoms. The Morgan fingerprint density at radius 2 is 0.986 bits per heavy atom. The molecule has 0 spiro atoms. The molecule has 8 bridgehead atoms. The van der Waals surface area contributed by atoms with Crippen LogP contribution in [0.1, 0.15) is 66.6 Å². The highest BCUT2D eigenvalue weighted by Crippen LogP contribution is 2.39. The van der Waals surface area contributed by atoms with Gasteiger partial charge in [0.05, 0.1) is 47.6 Å². The minimum atomic E-state index is -0.592. The van der Waals surface area contributed by atoms with Crippen molar-refractivity contribution >= 4 is 58.4 Å². The number of esters is 1. The third-order valence-electron chi connectivity index (χ3n) is 13.6. The monoisotopic (exact) mass is 958 g/mol. The van der Waals surface area contributed by atoms with Gasteiger partial charge in [-0.15, -0.1) is 0 Å². The Bertz CT molecular complexity index is 3590. The lowest BCUT2D eigenvalue weighted by Gasteiger charge is -2.35. The first-order valence-electron chi connectivity index (χ1n) is 24.9. The van der Waals surface area contributed by atoms with Crippen LogP contribution in [0, 0.1) is 6.92 Å². The predicted octanol–water partition coefficient (Wildman–Crippen LogP) is 14.4. The highest BCUT2D eigenvalue weighted by Gasteiger charge is 2.36. The minimum Gasteiger partial charge on any atom is -0.494 e. The zero-order chi connectivity index (χ0) is 49.8. The van der Waals surface area contributed by atoms with Crippen molar-refractivity contribution in [1.29, 1.82) is 0 Å². The van der Waals surface area contributed by atoms with Crippen molar-refractivity contribution in [1.82, 2.24) is 30.2 Å². The van der Waals surface area contributed by atoms with Crippen molar-refractivity contribution in [2.45, 2.75) is 39.7 Å². The van der Waals surface area contributed by atoms with Crippen LogP contribution < -0.4 is 10.1 Å². The molecule has 1 atom stereocenters. The third kappa shape index (κ3) is 9.38. The standard InChI is InChI=1S/C63H54N6O4/c1-4-72-62(70)56-41(3)69(63(71)68-61(56)46-24-22-40(2)23-25-46)38-14-15-39-73-47-28-26-45(27-29-47)60-54-36-34-52(66-54)58(43-18-10-6-11-19-43)50-32-30-48(64-50)57(42-16-8-5-9-17-42)49-31-33-51(65-49)59(44-20-12-7-13-21-44)53-35-37-55(60)67-53/h5-13,16-37,61,64,67H,4,14-15,38-39H2,1-3H3,(H,68,71). The van der Waals surface area contributed by atoms with E-state index in [1.807, 2.05) is 68.4 Å². The predicted molar refractivity (Wildman–Crippen MR) is 294 cm³/mol. The molecule has 0 radical (unpaired) electrons. The number of carbonyl (C=O) groups is 2. The van der Waals surface area contributed by atoms with Gasteiger partial charge < -0.3 is 24.8 Å². The number of aromatic nitrogens is 4.